The second kappa shape index (κ2) is 5.30. The summed E-state index contributed by atoms with van der Waals surface area (Å²) in [5, 5.41) is 17.4. The van der Waals surface area contributed by atoms with Crippen molar-refractivity contribution in [1.29, 1.82) is 0 Å². The number of aromatic nitrogens is 2. The molecule has 19 heavy (non-hydrogen) atoms. The van der Waals surface area contributed by atoms with Gasteiger partial charge in [0, 0.05) is 11.6 Å². The quantitative estimate of drug-likeness (QED) is 0.505. The van der Waals surface area contributed by atoms with Crippen LogP contribution in [0, 0.1) is 10.1 Å². The molecule has 1 aromatic carbocycles. The molecule has 0 bridgehead atoms. The number of nitrogens with one attached hydrogen (secondary N) is 1. The predicted octanol–water partition coefficient (Wildman–Crippen LogP) is 2.20. The number of aldehydes is 1. The number of benzene rings is 1. The highest BCUT2D eigenvalue weighted by molar-refractivity contribution is 5.76. The average molecular weight is 261 g/mol. The lowest BCUT2D eigenvalue weighted by molar-refractivity contribution is -0.385. The van der Waals surface area contributed by atoms with Gasteiger partial charge in [0.15, 0.2) is 12.0 Å². The number of aromatic amines is 1. The first-order valence-corrected chi connectivity index (χ1v) is 5.58. The Hall–Kier alpha value is -2.70. The van der Waals surface area contributed by atoms with Gasteiger partial charge < -0.3 is 4.74 Å². The molecule has 1 N–H and O–H groups in total. The van der Waals surface area contributed by atoms with Gasteiger partial charge in [-0.1, -0.05) is 0 Å². The van der Waals surface area contributed by atoms with Gasteiger partial charge in [-0.15, -0.1) is 0 Å². The molecule has 0 saturated heterocycles. The van der Waals surface area contributed by atoms with Crippen molar-refractivity contribution in [2.24, 2.45) is 0 Å². The molecular weight excluding hydrogens is 250 g/mol. The minimum atomic E-state index is -0.512. The molecule has 0 fully saturated rings. The molecule has 2 rings (SSSR count). The van der Waals surface area contributed by atoms with E-state index >= 15 is 0 Å². The van der Waals surface area contributed by atoms with Crippen LogP contribution in [0.1, 0.15) is 17.4 Å². The fourth-order valence-electron chi connectivity index (χ4n) is 1.64. The third-order valence-electron chi connectivity index (χ3n) is 2.48. The Labute approximate surface area is 108 Å². The molecule has 0 amide bonds. The Morgan fingerprint density at radius 2 is 2.26 bits per heavy atom. The molecule has 0 saturated carbocycles. The first-order valence-electron chi connectivity index (χ1n) is 5.58. The zero-order valence-electron chi connectivity index (χ0n) is 10.1. The van der Waals surface area contributed by atoms with E-state index in [1.54, 1.807) is 13.0 Å². The molecule has 0 radical (unpaired) electrons. The predicted molar refractivity (Wildman–Crippen MR) is 67.2 cm³/mol. The van der Waals surface area contributed by atoms with Crippen molar-refractivity contribution in [3.05, 3.63) is 40.1 Å². The van der Waals surface area contributed by atoms with Crippen LogP contribution in [0.15, 0.2) is 24.3 Å². The number of carbonyl (C=O) groups is 1. The molecule has 0 aliphatic rings. The Balaban J connectivity index is 2.45. The van der Waals surface area contributed by atoms with Crippen LogP contribution in [-0.4, -0.2) is 28.0 Å². The molecule has 1 heterocycles. The summed E-state index contributed by atoms with van der Waals surface area (Å²) < 4.78 is 5.19. The van der Waals surface area contributed by atoms with Gasteiger partial charge in [-0.2, -0.15) is 5.10 Å². The maximum absolute atomic E-state index is 11.0. The van der Waals surface area contributed by atoms with E-state index in [9.17, 15) is 14.9 Å². The molecule has 7 nitrogen and oxygen atoms in total. The lowest BCUT2D eigenvalue weighted by Gasteiger charge is -2.05. The van der Waals surface area contributed by atoms with Crippen molar-refractivity contribution in [2.75, 3.05) is 6.61 Å². The topological polar surface area (TPSA) is 98.1 Å². The largest absolute Gasteiger partial charge is 0.487 e. The van der Waals surface area contributed by atoms with Crippen molar-refractivity contribution in [1.82, 2.24) is 10.2 Å². The normalized spacial score (nSPS) is 10.2. The van der Waals surface area contributed by atoms with Crippen LogP contribution in [0.25, 0.3) is 11.3 Å². The zero-order valence-corrected chi connectivity index (χ0v) is 10.1. The monoisotopic (exact) mass is 261 g/mol. The van der Waals surface area contributed by atoms with Gasteiger partial charge in [0.1, 0.15) is 0 Å². The number of hydrogen-bond acceptors (Lipinski definition) is 5. The SMILES string of the molecule is CCOc1ccc(-c2cc(C=O)[nH]n2)cc1[N+](=O)[O-]. The number of carbonyl (C=O) groups excluding carboxylic acids is 1. The highest BCUT2D eigenvalue weighted by Gasteiger charge is 2.17. The number of rotatable bonds is 5. The van der Waals surface area contributed by atoms with E-state index in [-0.39, 0.29) is 11.4 Å². The van der Waals surface area contributed by atoms with E-state index in [4.69, 9.17) is 4.74 Å². The smallest absolute Gasteiger partial charge is 0.311 e. The van der Waals surface area contributed by atoms with E-state index in [2.05, 4.69) is 10.2 Å². The van der Waals surface area contributed by atoms with Gasteiger partial charge in [0.05, 0.1) is 22.9 Å². The van der Waals surface area contributed by atoms with Gasteiger partial charge in [0.2, 0.25) is 0 Å². The summed E-state index contributed by atoms with van der Waals surface area (Å²) in [4.78, 5) is 21.0. The van der Waals surface area contributed by atoms with Gasteiger partial charge in [0.25, 0.3) is 0 Å². The molecule has 0 aliphatic carbocycles. The molecule has 0 spiro atoms. The van der Waals surface area contributed by atoms with Crippen molar-refractivity contribution < 1.29 is 14.5 Å². The Morgan fingerprint density at radius 3 is 2.84 bits per heavy atom. The molecule has 2 aromatic rings. The van der Waals surface area contributed by atoms with E-state index < -0.39 is 4.92 Å². The van der Waals surface area contributed by atoms with Crippen LogP contribution in [0.3, 0.4) is 0 Å². The molecule has 0 unspecified atom stereocenters. The summed E-state index contributed by atoms with van der Waals surface area (Å²) >= 11 is 0. The Kier molecular flexibility index (Phi) is 3.56. The molecule has 7 heteroatoms. The average Bonchev–Trinajstić information content (AvgIpc) is 2.88. The van der Waals surface area contributed by atoms with E-state index in [0.717, 1.165) is 0 Å². The highest BCUT2D eigenvalue weighted by atomic mass is 16.6. The summed E-state index contributed by atoms with van der Waals surface area (Å²) in [6.45, 7) is 2.10. The minimum Gasteiger partial charge on any atom is -0.487 e. The number of hydrogen-bond donors (Lipinski definition) is 1. The third-order valence-corrected chi connectivity index (χ3v) is 2.48. The minimum absolute atomic E-state index is 0.130. The van der Waals surface area contributed by atoms with Crippen LogP contribution in [0.5, 0.6) is 5.75 Å². The summed E-state index contributed by atoms with van der Waals surface area (Å²) in [7, 11) is 0. The van der Waals surface area contributed by atoms with Gasteiger partial charge in [-0.05, 0) is 25.1 Å². The standard InChI is InChI=1S/C12H11N3O4/c1-2-19-12-4-3-8(5-11(12)15(17)18)10-6-9(7-16)13-14-10/h3-7H,2H2,1H3,(H,13,14). The van der Waals surface area contributed by atoms with Crippen LogP contribution >= 0.6 is 0 Å². The molecule has 1 aromatic heterocycles. The second-order valence-corrected chi connectivity index (χ2v) is 3.70. The first-order chi connectivity index (χ1) is 9.15. The van der Waals surface area contributed by atoms with Crippen molar-refractivity contribution in [3.63, 3.8) is 0 Å². The van der Waals surface area contributed by atoms with E-state index in [0.29, 0.717) is 29.8 Å². The summed E-state index contributed by atoms with van der Waals surface area (Å²) in [6.07, 6.45) is 0.624. The Bertz CT molecular complexity index is 621. The van der Waals surface area contributed by atoms with Gasteiger partial charge >= 0.3 is 5.69 Å². The van der Waals surface area contributed by atoms with Gasteiger partial charge in [-0.25, -0.2) is 0 Å². The summed E-state index contributed by atoms with van der Waals surface area (Å²) in [6, 6.07) is 6.07. The fraction of sp³-hybridized carbons (Fsp3) is 0.167. The summed E-state index contributed by atoms with van der Waals surface area (Å²) in [5.41, 5.74) is 1.19. The number of ether oxygens (including phenoxy) is 1. The van der Waals surface area contributed by atoms with Crippen LogP contribution in [0.4, 0.5) is 5.69 Å². The highest BCUT2D eigenvalue weighted by Crippen LogP contribution is 2.31. The van der Waals surface area contributed by atoms with E-state index in [1.807, 2.05) is 0 Å². The molecule has 0 atom stereocenters. The number of H-pyrrole nitrogens is 1. The first kappa shape index (κ1) is 12.7. The molecule has 0 aliphatic heterocycles. The van der Waals surface area contributed by atoms with Crippen LogP contribution in [0.2, 0.25) is 0 Å². The van der Waals surface area contributed by atoms with Crippen LogP contribution < -0.4 is 4.74 Å². The van der Waals surface area contributed by atoms with Crippen molar-refractivity contribution >= 4 is 12.0 Å². The maximum Gasteiger partial charge on any atom is 0.311 e. The van der Waals surface area contributed by atoms with Gasteiger partial charge in [-0.3, -0.25) is 20.0 Å². The number of nitrogens with zero attached hydrogens (tertiary/aromatic N) is 2. The molecular formula is C12H11N3O4. The maximum atomic E-state index is 11.0. The zero-order chi connectivity index (χ0) is 13.8. The molecule has 98 valence electrons. The van der Waals surface area contributed by atoms with Crippen LogP contribution in [-0.2, 0) is 0 Å². The van der Waals surface area contributed by atoms with E-state index in [1.165, 1.54) is 18.2 Å². The summed E-state index contributed by atoms with van der Waals surface area (Å²) in [5.74, 6) is 0.211. The van der Waals surface area contributed by atoms with Crippen molar-refractivity contribution in [3.8, 4) is 17.0 Å². The number of nitro benzene ring substituents is 1. The number of nitro groups is 1. The lowest BCUT2D eigenvalue weighted by Crippen LogP contribution is -1.97. The lowest BCUT2D eigenvalue weighted by atomic mass is 10.1. The fourth-order valence-corrected chi connectivity index (χ4v) is 1.64. The third kappa shape index (κ3) is 2.59. The van der Waals surface area contributed by atoms with Crippen molar-refractivity contribution in [2.45, 2.75) is 6.92 Å². The Morgan fingerprint density at radius 1 is 1.47 bits per heavy atom. The second-order valence-electron chi connectivity index (χ2n) is 3.70.